The molecule has 0 radical (unpaired) electrons. The number of fused-ring (bicyclic) bond motifs is 1. The van der Waals surface area contributed by atoms with E-state index in [0.717, 1.165) is 19.3 Å². The molecule has 2 aromatic rings. The summed E-state index contributed by atoms with van der Waals surface area (Å²) in [6, 6.07) is 17.3. The maximum absolute atomic E-state index is 12.5. The van der Waals surface area contributed by atoms with Crippen LogP contribution in [0.5, 0.6) is 5.75 Å². The Morgan fingerprint density at radius 1 is 1.25 bits per heavy atom. The number of rotatable bonds is 4. The minimum atomic E-state index is -0.659. The predicted octanol–water partition coefficient (Wildman–Crippen LogP) is 3.52. The largest absolute Gasteiger partial charge is 0.480 e. The Hall–Kier alpha value is -2.80. The number of benzene rings is 2. The second kappa shape index (κ2) is 7.18. The monoisotopic (exact) mass is 320 g/mol. The van der Waals surface area contributed by atoms with Crippen molar-refractivity contribution in [2.75, 3.05) is 0 Å². The Morgan fingerprint density at radius 3 is 2.83 bits per heavy atom. The van der Waals surface area contributed by atoms with Gasteiger partial charge in [-0.2, -0.15) is 5.26 Å². The molecule has 3 rings (SSSR count). The Labute approximate surface area is 142 Å². The highest BCUT2D eigenvalue weighted by molar-refractivity contribution is 5.81. The lowest BCUT2D eigenvalue weighted by Crippen LogP contribution is -2.39. The zero-order valence-corrected chi connectivity index (χ0v) is 13.7. The number of para-hydroxylation sites is 1. The average Bonchev–Trinajstić information content (AvgIpc) is 2.62. The highest BCUT2D eigenvalue weighted by atomic mass is 16.5. The fraction of sp³-hybridized carbons (Fsp3) is 0.300. The van der Waals surface area contributed by atoms with Crippen LogP contribution in [0.3, 0.4) is 0 Å². The van der Waals surface area contributed by atoms with Crippen LogP contribution >= 0.6 is 0 Å². The molecule has 2 atom stereocenters. The van der Waals surface area contributed by atoms with Gasteiger partial charge in [-0.1, -0.05) is 36.4 Å². The molecule has 2 unspecified atom stereocenters. The van der Waals surface area contributed by atoms with Crippen molar-refractivity contribution in [2.24, 2.45) is 0 Å². The predicted molar refractivity (Wildman–Crippen MR) is 91.5 cm³/mol. The number of ether oxygens (including phenoxy) is 1. The van der Waals surface area contributed by atoms with Crippen LogP contribution < -0.4 is 10.1 Å². The van der Waals surface area contributed by atoms with Crippen LogP contribution in [0.15, 0.2) is 48.5 Å². The number of amides is 1. The molecule has 24 heavy (non-hydrogen) atoms. The van der Waals surface area contributed by atoms with E-state index < -0.39 is 6.10 Å². The Kier molecular flexibility index (Phi) is 4.81. The number of carbonyl (C=O) groups is 1. The smallest absolute Gasteiger partial charge is 0.261 e. The van der Waals surface area contributed by atoms with Crippen molar-refractivity contribution in [3.05, 3.63) is 65.2 Å². The van der Waals surface area contributed by atoms with Crippen LogP contribution in [0.1, 0.15) is 42.5 Å². The van der Waals surface area contributed by atoms with E-state index in [1.165, 1.54) is 11.1 Å². The molecule has 4 heteroatoms. The van der Waals surface area contributed by atoms with Crippen molar-refractivity contribution in [3.8, 4) is 11.8 Å². The topological polar surface area (TPSA) is 62.1 Å². The highest BCUT2D eigenvalue weighted by Gasteiger charge is 2.24. The van der Waals surface area contributed by atoms with E-state index in [1.807, 2.05) is 12.1 Å². The molecule has 1 aliphatic rings. The average molecular weight is 320 g/mol. The molecule has 0 saturated carbocycles. The van der Waals surface area contributed by atoms with Crippen LogP contribution in [0.2, 0.25) is 0 Å². The van der Waals surface area contributed by atoms with Crippen molar-refractivity contribution in [1.29, 1.82) is 5.26 Å². The summed E-state index contributed by atoms with van der Waals surface area (Å²) < 4.78 is 5.69. The summed E-state index contributed by atoms with van der Waals surface area (Å²) in [6.45, 7) is 1.71. The van der Waals surface area contributed by atoms with Gasteiger partial charge in [-0.25, -0.2) is 0 Å². The van der Waals surface area contributed by atoms with Gasteiger partial charge in [-0.3, -0.25) is 4.79 Å². The van der Waals surface area contributed by atoms with Crippen LogP contribution in [-0.2, 0) is 11.2 Å². The molecule has 1 amide bonds. The first-order valence-electron chi connectivity index (χ1n) is 8.23. The van der Waals surface area contributed by atoms with Crippen LogP contribution in [0.4, 0.5) is 0 Å². The molecule has 0 fully saturated rings. The van der Waals surface area contributed by atoms with Gasteiger partial charge in [0.25, 0.3) is 5.91 Å². The van der Waals surface area contributed by atoms with Gasteiger partial charge < -0.3 is 10.1 Å². The lowest BCUT2D eigenvalue weighted by Gasteiger charge is -2.27. The van der Waals surface area contributed by atoms with E-state index in [2.05, 4.69) is 23.5 Å². The summed E-state index contributed by atoms with van der Waals surface area (Å²) >= 11 is 0. The summed E-state index contributed by atoms with van der Waals surface area (Å²) in [5, 5.41) is 12.2. The third-order valence-electron chi connectivity index (χ3n) is 4.37. The molecule has 4 nitrogen and oxygen atoms in total. The minimum Gasteiger partial charge on any atom is -0.480 e. The van der Waals surface area contributed by atoms with E-state index in [4.69, 9.17) is 10.00 Å². The number of aryl methyl sites for hydroxylation is 1. The molecule has 0 aromatic heterocycles. The third kappa shape index (κ3) is 3.41. The number of carbonyl (C=O) groups excluding carboxylic acids is 1. The van der Waals surface area contributed by atoms with Gasteiger partial charge in [0, 0.05) is 0 Å². The highest BCUT2D eigenvalue weighted by Crippen LogP contribution is 2.29. The van der Waals surface area contributed by atoms with Gasteiger partial charge in [0.05, 0.1) is 11.6 Å². The van der Waals surface area contributed by atoms with Crippen LogP contribution in [0, 0.1) is 11.3 Å². The molecule has 0 spiro atoms. The SMILES string of the molecule is CC(Oc1ccccc1C#N)C(=O)NC1CCCc2ccccc21. The lowest BCUT2D eigenvalue weighted by atomic mass is 9.87. The third-order valence-corrected chi connectivity index (χ3v) is 4.37. The zero-order chi connectivity index (χ0) is 16.9. The number of nitrogens with zero attached hydrogens (tertiary/aromatic N) is 1. The molecule has 0 saturated heterocycles. The number of hydrogen-bond acceptors (Lipinski definition) is 3. The zero-order valence-electron chi connectivity index (χ0n) is 13.7. The summed E-state index contributed by atoms with van der Waals surface area (Å²) in [6.07, 6.45) is 2.40. The molecule has 0 aliphatic heterocycles. The molecule has 0 bridgehead atoms. The van der Waals surface area contributed by atoms with Crippen molar-refractivity contribution in [1.82, 2.24) is 5.32 Å². The maximum Gasteiger partial charge on any atom is 0.261 e. The van der Waals surface area contributed by atoms with E-state index in [0.29, 0.717) is 11.3 Å². The molecule has 122 valence electrons. The molecule has 1 aliphatic carbocycles. The minimum absolute atomic E-state index is 0.0275. The summed E-state index contributed by atoms with van der Waals surface area (Å²) in [4.78, 5) is 12.5. The first-order valence-corrected chi connectivity index (χ1v) is 8.23. The van der Waals surface area contributed by atoms with Crippen molar-refractivity contribution in [2.45, 2.75) is 38.3 Å². The summed E-state index contributed by atoms with van der Waals surface area (Å²) in [7, 11) is 0. The number of hydrogen-bond donors (Lipinski definition) is 1. The van der Waals surface area contributed by atoms with Gasteiger partial charge in [0.15, 0.2) is 6.10 Å². The van der Waals surface area contributed by atoms with Crippen LogP contribution in [0.25, 0.3) is 0 Å². The van der Waals surface area contributed by atoms with E-state index in [-0.39, 0.29) is 11.9 Å². The van der Waals surface area contributed by atoms with Gasteiger partial charge in [-0.05, 0) is 49.4 Å². The molecular formula is C20H20N2O2. The Morgan fingerprint density at radius 2 is 2.00 bits per heavy atom. The lowest BCUT2D eigenvalue weighted by molar-refractivity contribution is -0.128. The summed E-state index contributed by atoms with van der Waals surface area (Å²) in [5.41, 5.74) is 2.93. The normalized spacial score (nSPS) is 17.2. The maximum atomic E-state index is 12.5. The number of nitrogens with one attached hydrogen (secondary N) is 1. The fourth-order valence-electron chi connectivity index (χ4n) is 3.10. The van der Waals surface area contributed by atoms with E-state index in [1.54, 1.807) is 31.2 Å². The first kappa shape index (κ1) is 16.1. The molecule has 0 heterocycles. The fourth-order valence-corrected chi connectivity index (χ4v) is 3.10. The quantitative estimate of drug-likeness (QED) is 0.937. The van der Waals surface area contributed by atoms with Gasteiger partial charge in [-0.15, -0.1) is 0 Å². The van der Waals surface area contributed by atoms with Crippen LogP contribution in [-0.4, -0.2) is 12.0 Å². The Balaban J connectivity index is 1.68. The van der Waals surface area contributed by atoms with Crippen molar-refractivity contribution in [3.63, 3.8) is 0 Å². The molecular weight excluding hydrogens is 300 g/mol. The van der Waals surface area contributed by atoms with Crippen molar-refractivity contribution < 1.29 is 9.53 Å². The standard InChI is InChI=1S/C20H20N2O2/c1-14(24-19-12-5-3-8-16(19)13-21)20(23)22-18-11-6-9-15-7-2-4-10-17(15)18/h2-5,7-8,10,12,14,18H,6,9,11H2,1H3,(H,22,23). The second-order valence-electron chi connectivity index (χ2n) is 6.02. The van der Waals surface area contributed by atoms with E-state index >= 15 is 0 Å². The summed E-state index contributed by atoms with van der Waals surface area (Å²) in [5.74, 6) is 0.274. The molecule has 1 N–H and O–H groups in total. The van der Waals surface area contributed by atoms with Gasteiger partial charge in [0.1, 0.15) is 11.8 Å². The van der Waals surface area contributed by atoms with Gasteiger partial charge in [0.2, 0.25) is 0 Å². The first-order chi connectivity index (χ1) is 11.7. The number of nitriles is 1. The van der Waals surface area contributed by atoms with Crippen molar-refractivity contribution >= 4 is 5.91 Å². The molecule has 2 aromatic carbocycles. The van der Waals surface area contributed by atoms with E-state index in [9.17, 15) is 4.79 Å². The van der Waals surface area contributed by atoms with Gasteiger partial charge >= 0.3 is 0 Å². The second-order valence-corrected chi connectivity index (χ2v) is 6.02. The Bertz CT molecular complexity index is 779.